The molecule has 3 nitrogen and oxygen atoms in total. The molecule has 0 radical (unpaired) electrons. The van der Waals surface area contributed by atoms with Crippen molar-refractivity contribution >= 4 is 54.4 Å². The van der Waals surface area contributed by atoms with E-state index in [4.69, 9.17) is 0 Å². The Morgan fingerprint density at radius 1 is 0.405 bits per heavy atom. The van der Waals surface area contributed by atoms with Crippen molar-refractivity contribution in [3.8, 4) is 22.5 Å². The summed E-state index contributed by atoms with van der Waals surface area (Å²) in [4.78, 5) is 4.31. The third-order valence-electron chi connectivity index (χ3n) is 8.58. The van der Waals surface area contributed by atoms with Gasteiger partial charge in [0.1, 0.15) is 0 Å². The fourth-order valence-electron chi connectivity index (χ4n) is 6.71. The van der Waals surface area contributed by atoms with Gasteiger partial charge in [0.05, 0.1) is 22.1 Å². The first-order valence-corrected chi connectivity index (χ1v) is 14.3. The van der Waals surface area contributed by atoms with Gasteiger partial charge < -0.3 is 9.13 Å². The fraction of sp³-hybridized carbons (Fsp3) is 0. The first kappa shape index (κ1) is 23.1. The van der Waals surface area contributed by atoms with Crippen molar-refractivity contribution in [1.29, 1.82) is 0 Å². The topological polar surface area (TPSA) is 22.8 Å². The standard InChI is InChI=1S/C39H25N3/c1-2-10-29(11-3-1)41-36-14-6-5-13-32(36)35-24-34-27(23-38(35)41)18-21-33-31-12-4-7-15-37(31)42(39(33)34)30-19-16-26(17-20-30)28-9-8-22-40-25-28/h1-25H. The van der Waals surface area contributed by atoms with Crippen molar-refractivity contribution in [1.82, 2.24) is 14.1 Å². The monoisotopic (exact) mass is 535 g/mol. The quantitative estimate of drug-likeness (QED) is 0.221. The number of pyridine rings is 1. The summed E-state index contributed by atoms with van der Waals surface area (Å²) >= 11 is 0. The molecule has 0 unspecified atom stereocenters. The van der Waals surface area contributed by atoms with Crippen molar-refractivity contribution in [3.05, 3.63) is 152 Å². The number of para-hydroxylation sites is 3. The zero-order chi connectivity index (χ0) is 27.6. The molecule has 42 heavy (non-hydrogen) atoms. The molecule has 0 aliphatic carbocycles. The molecule has 6 aromatic carbocycles. The molecular weight excluding hydrogens is 510 g/mol. The Labute approximate surface area is 242 Å². The molecule has 0 bridgehead atoms. The molecule has 3 heteroatoms. The maximum atomic E-state index is 4.31. The minimum Gasteiger partial charge on any atom is -0.309 e. The number of nitrogens with zero attached hydrogens (tertiary/aromatic N) is 3. The Bertz CT molecular complexity index is 2430. The SMILES string of the molecule is c1ccc(-n2c3ccccc3c3cc4c(ccc5c6ccccc6n(-c6ccc(-c7cccnc7)cc6)c45)cc32)cc1. The number of hydrogen-bond donors (Lipinski definition) is 0. The molecule has 0 saturated carbocycles. The van der Waals surface area contributed by atoms with Crippen molar-refractivity contribution < 1.29 is 0 Å². The second kappa shape index (κ2) is 8.92. The van der Waals surface area contributed by atoms with Gasteiger partial charge in [0.15, 0.2) is 0 Å². The average molecular weight is 536 g/mol. The van der Waals surface area contributed by atoms with Crippen molar-refractivity contribution in [2.24, 2.45) is 0 Å². The third-order valence-corrected chi connectivity index (χ3v) is 8.58. The minimum atomic E-state index is 1.12. The maximum Gasteiger partial charge on any atom is 0.0619 e. The highest BCUT2D eigenvalue weighted by molar-refractivity contribution is 6.22. The van der Waals surface area contributed by atoms with Gasteiger partial charge in [-0.15, -0.1) is 0 Å². The van der Waals surface area contributed by atoms with E-state index in [2.05, 4.69) is 148 Å². The van der Waals surface area contributed by atoms with Crippen molar-refractivity contribution in [3.63, 3.8) is 0 Å². The zero-order valence-electron chi connectivity index (χ0n) is 22.8. The maximum absolute atomic E-state index is 4.31. The lowest BCUT2D eigenvalue weighted by atomic mass is 10.0. The summed E-state index contributed by atoms with van der Waals surface area (Å²) < 4.78 is 4.82. The van der Waals surface area contributed by atoms with Crippen molar-refractivity contribution in [2.45, 2.75) is 0 Å². The van der Waals surface area contributed by atoms with E-state index in [1.54, 1.807) is 0 Å². The number of aromatic nitrogens is 3. The Morgan fingerprint density at radius 3 is 1.86 bits per heavy atom. The highest BCUT2D eigenvalue weighted by atomic mass is 15.0. The Hall–Kier alpha value is -5.67. The molecule has 9 rings (SSSR count). The van der Waals surface area contributed by atoms with Gasteiger partial charge in [-0.25, -0.2) is 0 Å². The number of hydrogen-bond acceptors (Lipinski definition) is 1. The summed E-state index contributed by atoms with van der Waals surface area (Å²) in [5.41, 5.74) is 9.48. The fourth-order valence-corrected chi connectivity index (χ4v) is 6.71. The molecule has 0 amide bonds. The third kappa shape index (κ3) is 3.31. The van der Waals surface area contributed by atoms with Crippen LogP contribution in [0.15, 0.2) is 152 Å². The van der Waals surface area contributed by atoms with Crippen LogP contribution in [0.5, 0.6) is 0 Å². The van der Waals surface area contributed by atoms with E-state index >= 15 is 0 Å². The van der Waals surface area contributed by atoms with E-state index < -0.39 is 0 Å². The number of rotatable bonds is 3. The van der Waals surface area contributed by atoms with E-state index in [0.29, 0.717) is 0 Å². The van der Waals surface area contributed by atoms with E-state index in [9.17, 15) is 0 Å². The van der Waals surface area contributed by atoms with E-state index in [1.807, 2.05) is 18.5 Å². The lowest BCUT2D eigenvalue weighted by molar-refractivity contribution is 1.18. The summed E-state index contributed by atoms with van der Waals surface area (Å²) in [5.74, 6) is 0. The molecule has 9 aromatic rings. The molecule has 196 valence electrons. The summed E-state index contributed by atoms with van der Waals surface area (Å²) in [5, 5.41) is 7.53. The average Bonchev–Trinajstić information content (AvgIpc) is 3.57. The molecule has 0 saturated heterocycles. The molecule has 3 heterocycles. The Morgan fingerprint density at radius 2 is 1.10 bits per heavy atom. The molecular formula is C39H25N3. The van der Waals surface area contributed by atoms with Gasteiger partial charge in [-0.1, -0.05) is 84.9 Å². The molecule has 0 aliphatic rings. The molecule has 0 aliphatic heterocycles. The second-order valence-electron chi connectivity index (χ2n) is 10.9. The smallest absolute Gasteiger partial charge is 0.0619 e. The van der Waals surface area contributed by atoms with Gasteiger partial charge in [0, 0.05) is 50.7 Å². The van der Waals surface area contributed by atoms with Crippen LogP contribution >= 0.6 is 0 Å². The van der Waals surface area contributed by atoms with Crippen molar-refractivity contribution in [2.75, 3.05) is 0 Å². The largest absolute Gasteiger partial charge is 0.309 e. The van der Waals surface area contributed by atoms with Crippen LogP contribution in [-0.4, -0.2) is 14.1 Å². The van der Waals surface area contributed by atoms with Crippen LogP contribution in [0, 0.1) is 0 Å². The highest BCUT2D eigenvalue weighted by Gasteiger charge is 2.18. The van der Waals surface area contributed by atoms with Crippen LogP contribution in [0.4, 0.5) is 0 Å². The van der Waals surface area contributed by atoms with Crippen LogP contribution in [0.1, 0.15) is 0 Å². The number of fused-ring (bicyclic) bond motifs is 8. The lowest BCUT2D eigenvalue weighted by Gasteiger charge is -2.12. The lowest BCUT2D eigenvalue weighted by Crippen LogP contribution is -1.95. The van der Waals surface area contributed by atoms with Crippen LogP contribution < -0.4 is 0 Å². The van der Waals surface area contributed by atoms with Gasteiger partial charge in [-0.2, -0.15) is 0 Å². The van der Waals surface area contributed by atoms with Gasteiger partial charge in [0.25, 0.3) is 0 Å². The van der Waals surface area contributed by atoms with Crippen LogP contribution in [0.3, 0.4) is 0 Å². The predicted molar refractivity (Wildman–Crippen MR) is 176 cm³/mol. The van der Waals surface area contributed by atoms with Crippen LogP contribution in [0.25, 0.3) is 76.9 Å². The van der Waals surface area contributed by atoms with Gasteiger partial charge >= 0.3 is 0 Å². The zero-order valence-corrected chi connectivity index (χ0v) is 22.8. The minimum absolute atomic E-state index is 1.12. The Kier molecular flexibility index (Phi) is 4.90. The van der Waals surface area contributed by atoms with E-state index in [-0.39, 0.29) is 0 Å². The molecule has 0 fully saturated rings. The molecule has 3 aromatic heterocycles. The predicted octanol–water partition coefficient (Wildman–Crippen LogP) is 10.1. The molecule has 0 atom stereocenters. The Balaban J connectivity index is 1.38. The summed E-state index contributed by atoms with van der Waals surface area (Å²) in [7, 11) is 0. The summed E-state index contributed by atoms with van der Waals surface area (Å²) in [6.07, 6.45) is 3.73. The molecule has 0 spiro atoms. The molecule has 0 N–H and O–H groups in total. The number of benzene rings is 6. The second-order valence-corrected chi connectivity index (χ2v) is 10.9. The normalized spacial score (nSPS) is 11.8. The van der Waals surface area contributed by atoms with Gasteiger partial charge in [-0.05, 0) is 71.1 Å². The summed E-state index contributed by atoms with van der Waals surface area (Å²) in [6.45, 7) is 0. The van der Waals surface area contributed by atoms with Crippen LogP contribution in [0.2, 0.25) is 0 Å². The first-order chi connectivity index (χ1) is 20.8. The van der Waals surface area contributed by atoms with E-state index in [1.165, 1.54) is 60.1 Å². The van der Waals surface area contributed by atoms with Gasteiger partial charge in [-0.3, -0.25) is 4.98 Å². The first-order valence-electron chi connectivity index (χ1n) is 14.3. The summed E-state index contributed by atoms with van der Waals surface area (Å²) in [6, 6.07) is 50.5. The van der Waals surface area contributed by atoms with Crippen LogP contribution in [-0.2, 0) is 0 Å². The van der Waals surface area contributed by atoms with E-state index in [0.717, 1.165) is 16.8 Å². The highest BCUT2D eigenvalue weighted by Crippen LogP contribution is 2.40. The van der Waals surface area contributed by atoms with Gasteiger partial charge in [0.2, 0.25) is 0 Å².